The van der Waals surface area contributed by atoms with Crippen LogP contribution in [-0.4, -0.2) is 61.3 Å². The Bertz CT molecular complexity index is 793. The fraction of sp³-hybridized carbons (Fsp3) is 0.545. The third-order valence-corrected chi connectivity index (χ3v) is 5.61. The molecule has 8 heteroatoms. The highest BCUT2D eigenvalue weighted by Crippen LogP contribution is 2.21. The maximum atomic E-state index is 12.5. The van der Waals surface area contributed by atoms with Crippen LogP contribution in [0.4, 0.5) is 5.69 Å². The van der Waals surface area contributed by atoms with Crippen molar-refractivity contribution in [2.24, 2.45) is 5.92 Å². The quantitative estimate of drug-likeness (QED) is 0.703. The molecule has 1 aromatic carbocycles. The number of hydrogen-bond donors (Lipinski definition) is 2. The Morgan fingerprint density at radius 3 is 2.50 bits per heavy atom. The number of likely N-dealkylation sites (tertiary alicyclic amines) is 1. The lowest BCUT2D eigenvalue weighted by Crippen LogP contribution is -2.48. The molecule has 0 aromatic heterocycles. The van der Waals surface area contributed by atoms with Crippen molar-refractivity contribution < 1.29 is 19.2 Å². The number of nitrogens with zero attached hydrogens (tertiary/aromatic N) is 2. The Kier molecular flexibility index (Phi) is 7.43. The predicted molar refractivity (Wildman–Crippen MR) is 113 cm³/mol. The first kappa shape index (κ1) is 21.8. The third-order valence-electron chi connectivity index (χ3n) is 5.61. The summed E-state index contributed by atoms with van der Waals surface area (Å²) in [7, 11) is 0. The lowest BCUT2D eigenvalue weighted by atomic mass is 9.97. The number of piperidine rings is 1. The van der Waals surface area contributed by atoms with Gasteiger partial charge in [-0.25, -0.2) is 0 Å². The highest BCUT2D eigenvalue weighted by molar-refractivity contribution is 5.98. The first-order chi connectivity index (χ1) is 14.5. The summed E-state index contributed by atoms with van der Waals surface area (Å²) in [6.45, 7) is 4.23. The van der Waals surface area contributed by atoms with Crippen LogP contribution in [-0.2, 0) is 14.4 Å². The second-order valence-electron chi connectivity index (χ2n) is 7.85. The molecule has 0 radical (unpaired) electrons. The van der Waals surface area contributed by atoms with Crippen molar-refractivity contribution in [2.75, 3.05) is 37.6 Å². The van der Waals surface area contributed by atoms with Crippen molar-refractivity contribution in [3.8, 4) is 0 Å². The molecule has 0 aliphatic carbocycles. The molecule has 1 aromatic rings. The number of carbonyl (C=O) groups excluding carboxylic acids is 4. The van der Waals surface area contributed by atoms with Crippen LogP contribution in [0.2, 0.25) is 0 Å². The number of nitrogens with one attached hydrogen (secondary N) is 2. The minimum absolute atomic E-state index is 0.00467. The monoisotopic (exact) mass is 414 g/mol. The van der Waals surface area contributed by atoms with Gasteiger partial charge in [0.1, 0.15) is 0 Å². The standard InChI is InChI=1S/C22H30N4O4/c1-2-11-23-22(30)17-5-3-12-25(15-17)20(28)14-24-21(29)16-7-9-18(10-8-16)26-13-4-6-19(26)27/h7-10,17H,2-6,11-15H2,1H3,(H,23,30)(H,24,29). The van der Waals surface area contributed by atoms with Crippen LogP contribution in [0.15, 0.2) is 24.3 Å². The van der Waals surface area contributed by atoms with E-state index in [4.69, 9.17) is 0 Å². The summed E-state index contributed by atoms with van der Waals surface area (Å²) in [5.74, 6) is -0.616. The summed E-state index contributed by atoms with van der Waals surface area (Å²) in [4.78, 5) is 52.3. The Balaban J connectivity index is 1.48. The molecule has 2 aliphatic rings. The van der Waals surface area contributed by atoms with Gasteiger partial charge in [0.25, 0.3) is 5.91 Å². The van der Waals surface area contributed by atoms with E-state index in [0.29, 0.717) is 38.2 Å². The lowest BCUT2D eigenvalue weighted by molar-refractivity contribution is -0.135. The van der Waals surface area contributed by atoms with Gasteiger partial charge in [-0.2, -0.15) is 0 Å². The van der Waals surface area contributed by atoms with Crippen molar-refractivity contribution in [1.29, 1.82) is 0 Å². The molecule has 1 atom stereocenters. The smallest absolute Gasteiger partial charge is 0.251 e. The van der Waals surface area contributed by atoms with E-state index in [-0.39, 0.29) is 36.1 Å². The highest BCUT2D eigenvalue weighted by Gasteiger charge is 2.28. The summed E-state index contributed by atoms with van der Waals surface area (Å²) >= 11 is 0. The van der Waals surface area contributed by atoms with Crippen LogP contribution in [0.1, 0.15) is 49.4 Å². The Hall–Kier alpha value is -2.90. The largest absolute Gasteiger partial charge is 0.356 e. The fourth-order valence-corrected chi connectivity index (χ4v) is 3.89. The summed E-state index contributed by atoms with van der Waals surface area (Å²) in [6.07, 6.45) is 3.84. The van der Waals surface area contributed by atoms with Gasteiger partial charge in [-0.3, -0.25) is 19.2 Å². The van der Waals surface area contributed by atoms with E-state index in [2.05, 4.69) is 10.6 Å². The predicted octanol–water partition coefficient (Wildman–Crippen LogP) is 1.31. The maximum Gasteiger partial charge on any atom is 0.251 e. The fourth-order valence-electron chi connectivity index (χ4n) is 3.89. The van der Waals surface area contributed by atoms with Crippen LogP contribution in [0.3, 0.4) is 0 Å². The van der Waals surface area contributed by atoms with E-state index < -0.39 is 0 Å². The molecule has 2 N–H and O–H groups in total. The van der Waals surface area contributed by atoms with E-state index >= 15 is 0 Å². The zero-order chi connectivity index (χ0) is 21.5. The van der Waals surface area contributed by atoms with Gasteiger partial charge in [-0.1, -0.05) is 6.92 Å². The van der Waals surface area contributed by atoms with Gasteiger partial charge in [0.2, 0.25) is 17.7 Å². The van der Waals surface area contributed by atoms with Gasteiger partial charge in [0, 0.05) is 43.9 Å². The van der Waals surface area contributed by atoms with E-state index in [9.17, 15) is 19.2 Å². The Morgan fingerprint density at radius 1 is 1.07 bits per heavy atom. The molecule has 0 spiro atoms. The topological polar surface area (TPSA) is 98.8 Å². The van der Waals surface area contributed by atoms with Crippen molar-refractivity contribution in [3.63, 3.8) is 0 Å². The van der Waals surface area contributed by atoms with Gasteiger partial charge in [-0.05, 0) is 49.9 Å². The van der Waals surface area contributed by atoms with Gasteiger partial charge < -0.3 is 20.4 Å². The lowest BCUT2D eigenvalue weighted by Gasteiger charge is -2.32. The summed E-state index contributed by atoms with van der Waals surface area (Å²) in [5.41, 5.74) is 1.22. The van der Waals surface area contributed by atoms with Gasteiger partial charge in [0.05, 0.1) is 12.5 Å². The molecule has 30 heavy (non-hydrogen) atoms. The number of carbonyl (C=O) groups is 4. The summed E-state index contributed by atoms with van der Waals surface area (Å²) in [6, 6.07) is 6.83. The van der Waals surface area contributed by atoms with Crippen molar-refractivity contribution in [1.82, 2.24) is 15.5 Å². The normalized spacial score (nSPS) is 19.0. The minimum Gasteiger partial charge on any atom is -0.356 e. The first-order valence-electron chi connectivity index (χ1n) is 10.7. The highest BCUT2D eigenvalue weighted by atomic mass is 16.2. The van der Waals surface area contributed by atoms with Crippen LogP contribution < -0.4 is 15.5 Å². The molecule has 3 rings (SSSR count). The Morgan fingerprint density at radius 2 is 1.83 bits per heavy atom. The molecule has 0 bridgehead atoms. The van der Waals surface area contributed by atoms with Crippen molar-refractivity contribution >= 4 is 29.3 Å². The van der Waals surface area contributed by atoms with Gasteiger partial charge in [-0.15, -0.1) is 0 Å². The molecule has 162 valence electrons. The van der Waals surface area contributed by atoms with E-state index in [0.717, 1.165) is 31.4 Å². The number of benzene rings is 1. The van der Waals surface area contributed by atoms with Crippen LogP contribution in [0.5, 0.6) is 0 Å². The molecule has 4 amide bonds. The number of hydrogen-bond acceptors (Lipinski definition) is 4. The van der Waals surface area contributed by atoms with E-state index in [1.807, 2.05) is 6.92 Å². The second kappa shape index (κ2) is 10.2. The average Bonchev–Trinajstić information content (AvgIpc) is 3.21. The van der Waals surface area contributed by atoms with Gasteiger partial charge in [0.15, 0.2) is 0 Å². The minimum atomic E-state index is -0.336. The second-order valence-corrected chi connectivity index (χ2v) is 7.85. The zero-order valence-electron chi connectivity index (χ0n) is 17.5. The summed E-state index contributed by atoms with van der Waals surface area (Å²) in [5, 5.41) is 5.55. The Labute approximate surface area is 177 Å². The maximum absolute atomic E-state index is 12.5. The molecule has 8 nitrogen and oxygen atoms in total. The van der Waals surface area contributed by atoms with Crippen LogP contribution in [0, 0.1) is 5.92 Å². The average molecular weight is 415 g/mol. The molecule has 2 fully saturated rings. The molecule has 2 saturated heterocycles. The molecular weight excluding hydrogens is 384 g/mol. The first-order valence-corrected chi connectivity index (χ1v) is 10.7. The molecule has 2 heterocycles. The zero-order valence-corrected chi connectivity index (χ0v) is 17.5. The molecular formula is C22H30N4O4. The number of rotatable bonds is 7. The molecule has 0 saturated carbocycles. The number of anilines is 1. The number of amides is 4. The van der Waals surface area contributed by atoms with Crippen molar-refractivity contribution in [2.45, 2.75) is 39.0 Å². The van der Waals surface area contributed by atoms with E-state index in [1.54, 1.807) is 34.1 Å². The molecule has 2 aliphatic heterocycles. The van der Waals surface area contributed by atoms with Crippen molar-refractivity contribution in [3.05, 3.63) is 29.8 Å². The third kappa shape index (κ3) is 5.37. The van der Waals surface area contributed by atoms with Crippen LogP contribution in [0.25, 0.3) is 0 Å². The summed E-state index contributed by atoms with van der Waals surface area (Å²) < 4.78 is 0. The van der Waals surface area contributed by atoms with Crippen LogP contribution >= 0.6 is 0 Å². The van der Waals surface area contributed by atoms with Gasteiger partial charge >= 0.3 is 0 Å². The SMILES string of the molecule is CCCNC(=O)C1CCCN(C(=O)CNC(=O)c2ccc(N3CCCC3=O)cc2)C1. The van der Waals surface area contributed by atoms with E-state index in [1.165, 1.54) is 0 Å². The molecule has 1 unspecified atom stereocenters.